The van der Waals surface area contributed by atoms with Gasteiger partial charge in [-0.25, -0.2) is 9.97 Å². The van der Waals surface area contributed by atoms with Crippen molar-refractivity contribution in [3.8, 4) is 0 Å². The smallest absolute Gasteiger partial charge is 0.137 e. The lowest BCUT2D eigenvalue weighted by atomic mass is 9.84. The molecule has 0 aromatic carbocycles. The molecule has 18 heavy (non-hydrogen) atoms. The van der Waals surface area contributed by atoms with Gasteiger partial charge in [-0.2, -0.15) is 0 Å². The molecule has 1 fully saturated rings. The zero-order chi connectivity index (χ0) is 13.2. The van der Waals surface area contributed by atoms with Crippen molar-refractivity contribution in [1.82, 2.24) is 9.97 Å². The molecular formula is C14H24N4. The normalized spacial score (nSPS) is 18.9. The molecule has 100 valence electrons. The molecule has 2 rings (SSSR count). The lowest BCUT2D eigenvalue weighted by molar-refractivity contribution is 0.291. The average molecular weight is 248 g/mol. The Morgan fingerprint density at radius 1 is 1.39 bits per heavy atom. The standard InChI is InChI=1S/C14H24N4/c1-4-6-11-12(15)16-10-17-13(11)18-8-5-7-14(2,3)9-18/h10H,4-9H2,1-3H3,(H2,15,16,17). The molecule has 0 atom stereocenters. The van der Waals surface area contributed by atoms with Crippen LogP contribution in [0, 0.1) is 5.41 Å². The van der Waals surface area contributed by atoms with E-state index in [1.807, 2.05) is 0 Å². The third-order valence-corrected chi connectivity index (χ3v) is 3.66. The molecule has 4 nitrogen and oxygen atoms in total. The van der Waals surface area contributed by atoms with Crippen molar-refractivity contribution in [3.05, 3.63) is 11.9 Å². The highest BCUT2D eigenvalue weighted by Crippen LogP contribution is 2.33. The van der Waals surface area contributed by atoms with Crippen LogP contribution in [0.15, 0.2) is 6.33 Å². The summed E-state index contributed by atoms with van der Waals surface area (Å²) in [6.45, 7) is 8.94. The third kappa shape index (κ3) is 2.74. The summed E-state index contributed by atoms with van der Waals surface area (Å²) >= 11 is 0. The zero-order valence-electron chi connectivity index (χ0n) is 11.7. The van der Waals surface area contributed by atoms with Crippen molar-refractivity contribution < 1.29 is 0 Å². The minimum absolute atomic E-state index is 0.363. The quantitative estimate of drug-likeness (QED) is 0.893. The predicted molar refractivity (Wildman–Crippen MR) is 75.7 cm³/mol. The monoisotopic (exact) mass is 248 g/mol. The first-order valence-electron chi connectivity index (χ1n) is 6.88. The molecule has 0 aliphatic carbocycles. The molecule has 4 heteroatoms. The van der Waals surface area contributed by atoms with Crippen LogP contribution in [0.2, 0.25) is 0 Å². The van der Waals surface area contributed by atoms with Gasteiger partial charge in [-0.05, 0) is 24.7 Å². The number of nitrogens with zero attached hydrogens (tertiary/aromatic N) is 3. The van der Waals surface area contributed by atoms with E-state index in [9.17, 15) is 0 Å². The summed E-state index contributed by atoms with van der Waals surface area (Å²) in [6.07, 6.45) is 6.13. The van der Waals surface area contributed by atoms with Gasteiger partial charge >= 0.3 is 0 Å². The Balaban J connectivity index is 2.29. The second-order valence-corrected chi connectivity index (χ2v) is 6.00. The molecule has 1 aromatic heterocycles. The molecule has 2 heterocycles. The van der Waals surface area contributed by atoms with Crippen LogP contribution >= 0.6 is 0 Å². The molecular weight excluding hydrogens is 224 g/mol. The summed E-state index contributed by atoms with van der Waals surface area (Å²) in [6, 6.07) is 0. The van der Waals surface area contributed by atoms with E-state index in [0.29, 0.717) is 11.2 Å². The van der Waals surface area contributed by atoms with Gasteiger partial charge in [-0.1, -0.05) is 27.2 Å². The Labute approximate surface area is 110 Å². The number of hydrogen-bond acceptors (Lipinski definition) is 4. The van der Waals surface area contributed by atoms with Crippen LogP contribution in [0.4, 0.5) is 11.6 Å². The van der Waals surface area contributed by atoms with E-state index < -0.39 is 0 Å². The zero-order valence-corrected chi connectivity index (χ0v) is 11.7. The highest BCUT2D eigenvalue weighted by atomic mass is 15.2. The van der Waals surface area contributed by atoms with Gasteiger partial charge in [0.15, 0.2) is 0 Å². The van der Waals surface area contributed by atoms with Crippen LogP contribution in [-0.4, -0.2) is 23.1 Å². The molecule has 0 radical (unpaired) electrons. The number of aromatic nitrogens is 2. The summed E-state index contributed by atoms with van der Waals surface area (Å²) < 4.78 is 0. The topological polar surface area (TPSA) is 55.0 Å². The SMILES string of the molecule is CCCc1c(N)ncnc1N1CCCC(C)(C)C1. The van der Waals surface area contributed by atoms with Crippen LogP contribution in [0.25, 0.3) is 0 Å². The minimum atomic E-state index is 0.363. The Morgan fingerprint density at radius 2 is 2.17 bits per heavy atom. The van der Waals surface area contributed by atoms with Gasteiger partial charge in [0, 0.05) is 18.7 Å². The van der Waals surface area contributed by atoms with E-state index in [1.165, 1.54) is 12.8 Å². The van der Waals surface area contributed by atoms with E-state index in [-0.39, 0.29) is 0 Å². The van der Waals surface area contributed by atoms with E-state index in [2.05, 4.69) is 35.6 Å². The molecule has 1 saturated heterocycles. The molecule has 2 N–H and O–H groups in total. The van der Waals surface area contributed by atoms with Crippen molar-refractivity contribution in [3.63, 3.8) is 0 Å². The summed E-state index contributed by atoms with van der Waals surface area (Å²) in [5.74, 6) is 1.70. The molecule has 1 aliphatic rings. The predicted octanol–water partition coefficient (Wildman–Crippen LogP) is 2.64. The van der Waals surface area contributed by atoms with Crippen LogP contribution in [0.3, 0.4) is 0 Å². The number of anilines is 2. The van der Waals surface area contributed by atoms with Crippen molar-refractivity contribution in [2.24, 2.45) is 5.41 Å². The maximum atomic E-state index is 6.00. The number of rotatable bonds is 3. The molecule has 0 unspecified atom stereocenters. The molecule has 1 aromatic rings. The summed E-state index contributed by atoms with van der Waals surface area (Å²) in [4.78, 5) is 11.0. The fourth-order valence-corrected chi connectivity index (χ4v) is 2.78. The Kier molecular flexibility index (Phi) is 3.73. The van der Waals surface area contributed by atoms with Gasteiger partial charge in [0.25, 0.3) is 0 Å². The van der Waals surface area contributed by atoms with Gasteiger partial charge in [0.1, 0.15) is 18.0 Å². The van der Waals surface area contributed by atoms with Gasteiger partial charge in [0.2, 0.25) is 0 Å². The lowest BCUT2D eigenvalue weighted by Gasteiger charge is -2.39. The number of nitrogen functional groups attached to an aromatic ring is 1. The summed E-state index contributed by atoms with van der Waals surface area (Å²) in [7, 11) is 0. The van der Waals surface area contributed by atoms with Crippen LogP contribution in [-0.2, 0) is 6.42 Å². The lowest BCUT2D eigenvalue weighted by Crippen LogP contribution is -2.41. The Morgan fingerprint density at radius 3 is 2.83 bits per heavy atom. The van der Waals surface area contributed by atoms with Crippen molar-refractivity contribution >= 4 is 11.6 Å². The van der Waals surface area contributed by atoms with Crippen molar-refractivity contribution in [1.29, 1.82) is 0 Å². The summed E-state index contributed by atoms with van der Waals surface area (Å²) in [5.41, 5.74) is 7.49. The second kappa shape index (κ2) is 5.12. The molecule has 1 aliphatic heterocycles. The van der Waals surface area contributed by atoms with Crippen molar-refractivity contribution in [2.45, 2.75) is 46.5 Å². The number of hydrogen-bond donors (Lipinski definition) is 1. The number of piperidine rings is 1. The van der Waals surface area contributed by atoms with Gasteiger partial charge in [-0.3, -0.25) is 0 Å². The van der Waals surface area contributed by atoms with E-state index in [4.69, 9.17) is 5.73 Å². The first-order valence-corrected chi connectivity index (χ1v) is 6.88. The Hall–Kier alpha value is -1.32. The van der Waals surface area contributed by atoms with Gasteiger partial charge in [0.05, 0.1) is 0 Å². The van der Waals surface area contributed by atoms with Crippen molar-refractivity contribution in [2.75, 3.05) is 23.7 Å². The van der Waals surface area contributed by atoms with E-state index in [0.717, 1.165) is 37.3 Å². The van der Waals surface area contributed by atoms with Gasteiger partial charge < -0.3 is 10.6 Å². The minimum Gasteiger partial charge on any atom is -0.383 e. The highest BCUT2D eigenvalue weighted by molar-refractivity contribution is 5.57. The largest absolute Gasteiger partial charge is 0.383 e. The molecule has 0 saturated carbocycles. The first-order chi connectivity index (χ1) is 8.53. The number of nitrogens with two attached hydrogens (primary N) is 1. The van der Waals surface area contributed by atoms with Crippen LogP contribution in [0.1, 0.15) is 45.6 Å². The van der Waals surface area contributed by atoms with E-state index in [1.54, 1.807) is 6.33 Å². The van der Waals surface area contributed by atoms with Crippen LogP contribution < -0.4 is 10.6 Å². The first kappa shape index (κ1) is 13.1. The average Bonchev–Trinajstić information content (AvgIpc) is 2.30. The van der Waals surface area contributed by atoms with Gasteiger partial charge in [-0.15, -0.1) is 0 Å². The maximum absolute atomic E-state index is 6.00. The second-order valence-electron chi connectivity index (χ2n) is 6.00. The Bertz CT molecular complexity index is 414. The highest BCUT2D eigenvalue weighted by Gasteiger charge is 2.28. The molecule has 0 amide bonds. The summed E-state index contributed by atoms with van der Waals surface area (Å²) in [5, 5.41) is 0. The molecule has 0 spiro atoms. The fourth-order valence-electron chi connectivity index (χ4n) is 2.78. The third-order valence-electron chi connectivity index (χ3n) is 3.66. The van der Waals surface area contributed by atoms with E-state index >= 15 is 0 Å². The fraction of sp³-hybridized carbons (Fsp3) is 0.714. The maximum Gasteiger partial charge on any atom is 0.137 e. The molecule has 0 bridgehead atoms. The van der Waals surface area contributed by atoms with Crippen LogP contribution in [0.5, 0.6) is 0 Å².